The molecular formula is C15H14FN5O. The highest BCUT2D eigenvalue weighted by Crippen LogP contribution is 2.19. The summed E-state index contributed by atoms with van der Waals surface area (Å²) in [6.45, 7) is 1.02. The number of nitrogens with zero attached hydrogens (tertiary/aromatic N) is 4. The molecule has 2 heterocycles. The Bertz CT molecular complexity index is 736. The predicted molar refractivity (Wildman–Crippen MR) is 77.4 cm³/mol. The summed E-state index contributed by atoms with van der Waals surface area (Å²) in [5.41, 5.74) is 0.368. The SMILES string of the molecule is N#CN1CCC(C(=O)Nc2cn(-c3ccccc3F)cn2)C1. The Balaban J connectivity index is 1.69. The van der Waals surface area contributed by atoms with E-state index in [0.29, 0.717) is 31.0 Å². The summed E-state index contributed by atoms with van der Waals surface area (Å²) in [4.78, 5) is 17.7. The maximum absolute atomic E-state index is 13.7. The minimum absolute atomic E-state index is 0.170. The van der Waals surface area contributed by atoms with E-state index in [4.69, 9.17) is 5.26 Å². The summed E-state index contributed by atoms with van der Waals surface area (Å²) in [5, 5.41) is 11.5. The molecule has 0 bridgehead atoms. The van der Waals surface area contributed by atoms with Crippen molar-refractivity contribution in [3.05, 3.63) is 42.6 Å². The molecule has 2 aromatic rings. The largest absolute Gasteiger partial charge is 0.310 e. The molecule has 0 aliphatic carbocycles. The van der Waals surface area contributed by atoms with Crippen LogP contribution in [0.25, 0.3) is 5.69 Å². The second-order valence-electron chi connectivity index (χ2n) is 5.14. The highest BCUT2D eigenvalue weighted by atomic mass is 19.1. The molecule has 0 spiro atoms. The lowest BCUT2D eigenvalue weighted by Crippen LogP contribution is -2.25. The number of carbonyl (C=O) groups is 1. The van der Waals surface area contributed by atoms with Gasteiger partial charge in [0.05, 0.1) is 17.8 Å². The molecule has 1 atom stereocenters. The molecule has 7 heteroatoms. The van der Waals surface area contributed by atoms with Crippen LogP contribution in [0, 0.1) is 23.2 Å². The van der Waals surface area contributed by atoms with Crippen LogP contribution in [-0.2, 0) is 4.79 Å². The van der Waals surface area contributed by atoms with Crippen LogP contribution in [0.1, 0.15) is 6.42 Å². The number of rotatable bonds is 3. The van der Waals surface area contributed by atoms with Gasteiger partial charge >= 0.3 is 0 Å². The van der Waals surface area contributed by atoms with Gasteiger partial charge in [-0.15, -0.1) is 0 Å². The molecule has 1 N–H and O–H groups in total. The van der Waals surface area contributed by atoms with Gasteiger partial charge in [0.2, 0.25) is 5.91 Å². The van der Waals surface area contributed by atoms with Crippen LogP contribution in [0.2, 0.25) is 0 Å². The minimum Gasteiger partial charge on any atom is -0.310 e. The first-order chi connectivity index (χ1) is 10.7. The highest BCUT2D eigenvalue weighted by Gasteiger charge is 2.28. The van der Waals surface area contributed by atoms with E-state index < -0.39 is 0 Å². The van der Waals surface area contributed by atoms with Crippen molar-refractivity contribution < 1.29 is 9.18 Å². The summed E-state index contributed by atoms with van der Waals surface area (Å²) in [7, 11) is 0. The number of benzene rings is 1. The zero-order valence-electron chi connectivity index (χ0n) is 11.7. The summed E-state index contributed by atoms with van der Waals surface area (Å²) >= 11 is 0. The number of halogens is 1. The fourth-order valence-electron chi connectivity index (χ4n) is 2.47. The fraction of sp³-hybridized carbons (Fsp3) is 0.267. The van der Waals surface area contributed by atoms with Crippen LogP contribution < -0.4 is 5.32 Å². The molecule has 1 amide bonds. The van der Waals surface area contributed by atoms with Gasteiger partial charge in [-0.1, -0.05) is 12.1 Å². The van der Waals surface area contributed by atoms with Gasteiger partial charge in [0.1, 0.15) is 12.1 Å². The quantitative estimate of drug-likeness (QED) is 0.876. The molecule has 3 rings (SSSR count). The average molecular weight is 299 g/mol. The first-order valence-corrected chi connectivity index (χ1v) is 6.92. The third-order valence-electron chi connectivity index (χ3n) is 3.66. The van der Waals surface area contributed by atoms with E-state index in [2.05, 4.69) is 10.3 Å². The van der Waals surface area contributed by atoms with Gasteiger partial charge in [-0.25, -0.2) is 9.37 Å². The molecule has 6 nitrogen and oxygen atoms in total. The van der Waals surface area contributed by atoms with Crippen molar-refractivity contribution in [3.63, 3.8) is 0 Å². The zero-order chi connectivity index (χ0) is 15.5. The van der Waals surface area contributed by atoms with E-state index in [-0.39, 0.29) is 17.6 Å². The van der Waals surface area contributed by atoms with Crippen LogP contribution in [0.3, 0.4) is 0 Å². The van der Waals surface area contributed by atoms with E-state index in [1.807, 2.05) is 6.19 Å². The van der Waals surface area contributed by atoms with Crippen LogP contribution in [0.4, 0.5) is 10.2 Å². The number of nitrogens with one attached hydrogen (secondary N) is 1. The third kappa shape index (κ3) is 2.76. The molecule has 22 heavy (non-hydrogen) atoms. The number of para-hydroxylation sites is 1. The fourth-order valence-corrected chi connectivity index (χ4v) is 2.47. The first kappa shape index (κ1) is 14.1. The smallest absolute Gasteiger partial charge is 0.230 e. The van der Waals surface area contributed by atoms with Crippen molar-refractivity contribution in [1.82, 2.24) is 14.5 Å². The molecule has 1 unspecified atom stereocenters. The Morgan fingerprint density at radius 2 is 2.27 bits per heavy atom. The molecule has 1 aliphatic heterocycles. The topological polar surface area (TPSA) is 74.0 Å². The molecule has 1 aliphatic rings. The molecule has 1 aromatic heterocycles. The standard InChI is InChI=1S/C15H14FN5O/c16-12-3-1-2-4-13(12)21-8-14(18-10-21)19-15(22)11-5-6-20(7-11)9-17/h1-4,8,10-11H,5-7H2,(H,19,22). The number of imidazole rings is 1. The molecule has 112 valence electrons. The number of nitriles is 1. The van der Waals surface area contributed by atoms with Crippen LogP contribution >= 0.6 is 0 Å². The van der Waals surface area contributed by atoms with Crippen molar-refractivity contribution in [2.45, 2.75) is 6.42 Å². The van der Waals surface area contributed by atoms with Gasteiger partial charge in [0.25, 0.3) is 0 Å². The van der Waals surface area contributed by atoms with Crippen LogP contribution in [0.15, 0.2) is 36.8 Å². The molecule has 0 saturated carbocycles. The molecule has 0 radical (unpaired) electrons. The number of anilines is 1. The van der Waals surface area contributed by atoms with E-state index in [1.54, 1.807) is 29.3 Å². The van der Waals surface area contributed by atoms with Crippen molar-refractivity contribution >= 4 is 11.7 Å². The number of likely N-dealkylation sites (tertiary alicyclic amines) is 1. The summed E-state index contributed by atoms with van der Waals surface area (Å²) < 4.78 is 15.2. The number of carbonyl (C=O) groups excluding carboxylic acids is 1. The van der Waals surface area contributed by atoms with Gasteiger partial charge in [-0.3, -0.25) is 4.79 Å². The average Bonchev–Trinajstić information content (AvgIpc) is 3.16. The number of amides is 1. The lowest BCUT2D eigenvalue weighted by atomic mass is 10.1. The third-order valence-corrected chi connectivity index (χ3v) is 3.66. The van der Waals surface area contributed by atoms with Crippen molar-refractivity contribution in [2.24, 2.45) is 5.92 Å². The zero-order valence-corrected chi connectivity index (χ0v) is 11.7. The minimum atomic E-state index is -0.363. The van der Waals surface area contributed by atoms with Gasteiger partial charge in [0, 0.05) is 13.1 Å². The normalized spacial score (nSPS) is 17.3. The van der Waals surface area contributed by atoms with Gasteiger partial charge in [-0.2, -0.15) is 5.26 Å². The Morgan fingerprint density at radius 1 is 1.45 bits per heavy atom. The molecule has 1 fully saturated rings. The number of aromatic nitrogens is 2. The Morgan fingerprint density at radius 3 is 3.00 bits per heavy atom. The summed E-state index contributed by atoms with van der Waals surface area (Å²) in [6.07, 6.45) is 5.69. The summed E-state index contributed by atoms with van der Waals surface area (Å²) in [5.74, 6) is -0.392. The molecule has 1 aromatic carbocycles. The Labute approximate surface area is 126 Å². The first-order valence-electron chi connectivity index (χ1n) is 6.92. The lowest BCUT2D eigenvalue weighted by molar-refractivity contribution is -0.119. The lowest BCUT2D eigenvalue weighted by Gasteiger charge is -2.08. The Hall–Kier alpha value is -2.88. The number of hydrogen-bond donors (Lipinski definition) is 1. The van der Waals surface area contributed by atoms with Crippen molar-refractivity contribution in [1.29, 1.82) is 5.26 Å². The second kappa shape index (κ2) is 5.85. The van der Waals surface area contributed by atoms with Crippen molar-refractivity contribution in [2.75, 3.05) is 18.4 Å². The van der Waals surface area contributed by atoms with E-state index in [0.717, 1.165) is 0 Å². The van der Waals surface area contributed by atoms with Crippen molar-refractivity contribution in [3.8, 4) is 11.9 Å². The summed E-state index contributed by atoms with van der Waals surface area (Å²) in [6, 6.07) is 6.33. The van der Waals surface area contributed by atoms with Gasteiger partial charge in [0.15, 0.2) is 12.0 Å². The maximum Gasteiger partial charge on any atom is 0.230 e. The second-order valence-corrected chi connectivity index (χ2v) is 5.14. The number of hydrogen-bond acceptors (Lipinski definition) is 4. The Kier molecular flexibility index (Phi) is 3.74. The predicted octanol–water partition coefficient (Wildman–Crippen LogP) is 1.75. The van der Waals surface area contributed by atoms with Crippen LogP contribution in [0.5, 0.6) is 0 Å². The molecule has 1 saturated heterocycles. The van der Waals surface area contributed by atoms with Crippen LogP contribution in [-0.4, -0.2) is 33.4 Å². The van der Waals surface area contributed by atoms with E-state index in [1.165, 1.54) is 17.0 Å². The monoisotopic (exact) mass is 299 g/mol. The van der Waals surface area contributed by atoms with Gasteiger partial charge in [-0.05, 0) is 18.6 Å². The maximum atomic E-state index is 13.7. The highest BCUT2D eigenvalue weighted by molar-refractivity contribution is 5.92. The van der Waals surface area contributed by atoms with Gasteiger partial charge < -0.3 is 14.8 Å². The van der Waals surface area contributed by atoms with E-state index in [9.17, 15) is 9.18 Å². The molecular weight excluding hydrogens is 285 g/mol. The van der Waals surface area contributed by atoms with E-state index >= 15 is 0 Å².